The lowest BCUT2D eigenvalue weighted by Crippen LogP contribution is -2.38. The number of rotatable bonds is 6. The Hall–Kier alpha value is -1.96. The highest BCUT2D eigenvalue weighted by Gasteiger charge is 2.38. The average Bonchev–Trinajstić information content (AvgIpc) is 2.43. The highest BCUT2D eigenvalue weighted by atomic mass is 19.4. The molecule has 0 aliphatic heterocycles. The normalized spacial score (nSPS) is 13.5. The van der Waals surface area contributed by atoms with Crippen molar-refractivity contribution < 1.29 is 32.5 Å². The van der Waals surface area contributed by atoms with Gasteiger partial charge in [-0.2, -0.15) is 0 Å². The maximum atomic E-state index is 12.1. The van der Waals surface area contributed by atoms with E-state index >= 15 is 0 Å². The third-order valence-corrected chi connectivity index (χ3v) is 3.36. The molecule has 1 atom stereocenters. The van der Waals surface area contributed by atoms with Crippen molar-refractivity contribution in [3.8, 4) is 5.75 Å². The third-order valence-electron chi connectivity index (χ3n) is 3.36. The highest BCUT2D eigenvalue weighted by molar-refractivity contribution is 5.65. The molecule has 0 aromatic heterocycles. The van der Waals surface area contributed by atoms with Crippen LogP contribution in [0.1, 0.15) is 38.4 Å². The number of ether oxygens (including phenoxy) is 2. The minimum Gasteiger partial charge on any atom is -0.438 e. The van der Waals surface area contributed by atoms with Crippen LogP contribution in [-0.4, -0.2) is 23.2 Å². The van der Waals surface area contributed by atoms with Gasteiger partial charge in [0.15, 0.2) is 6.10 Å². The Labute approximate surface area is 125 Å². The summed E-state index contributed by atoms with van der Waals surface area (Å²) < 4.78 is 45.1. The van der Waals surface area contributed by atoms with Crippen molar-refractivity contribution in [1.29, 1.82) is 0 Å². The number of hydrogen-bond donors (Lipinski definition) is 2. The molecule has 5 nitrogen and oxygen atoms in total. The van der Waals surface area contributed by atoms with Crippen molar-refractivity contribution in [1.82, 2.24) is 0 Å². The zero-order chi connectivity index (χ0) is 17.0. The molecule has 8 heteroatoms. The Morgan fingerprint density at radius 3 is 2.09 bits per heavy atom. The van der Waals surface area contributed by atoms with Gasteiger partial charge in [-0.1, -0.05) is 26.0 Å². The number of benzene rings is 1. The number of carbonyl (C=O) groups excluding carboxylic acids is 1. The van der Waals surface area contributed by atoms with Gasteiger partial charge >= 0.3 is 12.5 Å². The van der Waals surface area contributed by atoms with Gasteiger partial charge in [-0.05, 0) is 30.5 Å². The molecule has 0 fully saturated rings. The second kappa shape index (κ2) is 6.87. The van der Waals surface area contributed by atoms with Crippen LogP contribution in [0.2, 0.25) is 0 Å². The van der Waals surface area contributed by atoms with Crippen LogP contribution >= 0.6 is 0 Å². The van der Waals surface area contributed by atoms with Gasteiger partial charge in [0.25, 0.3) is 0 Å². The van der Waals surface area contributed by atoms with E-state index in [2.05, 4.69) is 4.74 Å². The molecule has 0 bridgehead atoms. The van der Waals surface area contributed by atoms with Gasteiger partial charge in [0.2, 0.25) is 0 Å². The topological polar surface area (TPSA) is 81.8 Å². The first-order valence-electron chi connectivity index (χ1n) is 6.65. The Morgan fingerprint density at radius 1 is 1.23 bits per heavy atom. The number of primary amides is 1. The van der Waals surface area contributed by atoms with E-state index in [0.29, 0.717) is 5.56 Å². The summed E-state index contributed by atoms with van der Waals surface area (Å²) in [6, 6.07) is 4.72. The van der Waals surface area contributed by atoms with Crippen molar-refractivity contribution in [2.75, 3.05) is 0 Å². The predicted molar refractivity (Wildman–Crippen MR) is 72.1 cm³/mol. The first kappa shape index (κ1) is 18.1. The van der Waals surface area contributed by atoms with Crippen LogP contribution in [0.3, 0.4) is 0 Å². The number of aliphatic hydroxyl groups is 1. The summed E-state index contributed by atoms with van der Waals surface area (Å²) in [6.45, 7) is 3.39. The summed E-state index contributed by atoms with van der Waals surface area (Å²) in [6.07, 6.45) is -6.43. The third kappa shape index (κ3) is 4.80. The lowest BCUT2D eigenvalue weighted by Gasteiger charge is -2.34. The predicted octanol–water partition coefficient (Wildman–Crippen LogP) is 3.27. The lowest BCUT2D eigenvalue weighted by molar-refractivity contribution is -0.274. The van der Waals surface area contributed by atoms with E-state index < -0.39 is 29.9 Å². The molecule has 3 N–H and O–H groups in total. The number of alkyl halides is 3. The van der Waals surface area contributed by atoms with E-state index in [9.17, 15) is 23.1 Å². The molecule has 22 heavy (non-hydrogen) atoms. The molecule has 1 aromatic carbocycles. The fourth-order valence-electron chi connectivity index (χ4n) is 2.07. The summed E-state index contributed by atoms with van der Waals surface area (Å²) in [7, 11) is 0. The maximum Gasteiger partial charge on any atom is 0.573 e. The fourth-order valence-corrected chi connectivity index (χ4v) is 2.07. The number of nitrogens with two attached hydrogens (primary N) is 1. The number of amides is 1. The van der Waals surface area contributed by atoms with Crippen molar-refractivity contribution in [2.45, 2.75) is 44.8 Å². The fraction of sp³-hybridized carbons (Fsp3) is 0.500. The summed E-state index contributed by atoms with van der Waals surface area (Å²) >= 11 is 0. The summed E-state index contributed by atoms with van der Waals surface area (Å²) in [5.41, 5.74) is 3.95. The van der Waals surface area contributed by atoms with Crippen molar-refractivity contribution in [3.05, 3.63) is 29.8 Å². The van der Waals surface area contributed by atoms with E-state index in [4.69, 9.17) is 10.5 Å². The number of carbonyl (C=O) groups is 1. The van der Waals surface area contributed by atoms with Gasteiger partial charge in [0.1, 0.15) is 11.4 Å². The minimum atomic E-state index is -4.79. The van der Waals surface area contributed by atoms with Gasteiger partial charge in [-0.3, -0.25) is 0 Å². The molecule has 1 unspecified atom stereocenters. The van der Waals surface area contributed by atoms with Crippen LogP contribution in [0.4, 0.5) is 18.0 Å². The molecule has 1 rings (SSSR count). The second-order valence-corrected chi connectivity index (χ2v) is 4.74. The van der Waals surface area contributed by atoms with Crippen molar-refractivity contribution >= 4 is 6.09 Å². The molecule has 1 amide bonds. The monoisotopic (exact) mass is 321 g/mol. The lowest BCUT2D eigenvalue weighted by atomic mass is 9.86. The molecular formula is C14H18F3NO4. The average molecular weight is 321 g/mol. The van der Waals surface area contributed by atoms with Crippen molar-refractivity contribution in [3.63, 3.8) is 0 Å². The van der Waals surface area contributed by atoms with Gasteiger partial charge in [0, 0.05) is 0 Å². The standard InChI is InChI=1S/C14H18F3NO4/c1-3-13(20,4-2)11(21-12(18)19)9-5-7-10(8-6-9)22-14(15,16)17/h5-8,11,20H,3-4H2,1-2H3,(H2,18,19). The van der Waals surface area contributed by atoms with Gasteiger partial charge < -0.3 is 20.3 Å². The van der Waals surface area contributed by atoms with Crippen LogP contribution in [0.15, 0.2) is 24.3 Å². The Kier molecular flexibility index (Phi) is 5.65. The molecule has 0 spiro atoms. The highest BCUT2D eigenvalue weighted by Crippen LogP contribution is 2.36. The summed E-state index contributed by atoms with van der Waals surface area (Å²) in [4.78, 5) is 11.0. The quantitative estimate of drug-likeness (QED) is 0.842. The van der Waals surface area contributed by atoms with Crippen LogP contribution < -0.4 is 10.5 Å². The van der Waals surface area contributed by atoms with E-state index in [1.165, 1.54) is 12.1 Å². The van der Waals surface area contributed by atoms with Crippen molar-refractivity contribution in [2.24, 2.45) is 5.73 Å². The maximum absolute atomic E-state index is 12.1. The Bertz CT molecular complexity index is 498. The molecule has 0 saturated carbocycles. The summed E-state index contributed by atoms with van der Waals surface area (Å²) in [5, 5.41) is 10.5. The SMILES string of the molecule is CCC(O)(CC)C(OC(N)=O)c1ccc(OC(F)(F)F)cc1. The molecule has 1 aromatic rings. The molecule has 0 heterocycles. The van der Waals surface area contributed by atoms with Crippen LogP contribution in [0, 0.1) is 0 Å². The van der Waals surface area contributed by atoms with Crippen LogP contribution in [0.25, 0.3) is 0 Å². The molecule has 124 valence electrons. The molecule has 0 radical (unpaired) electrons. The Morgan fingerprint density at radius 2 is 1.73 bits per heavy atom. The number of hydrogen-bond acceptors (Lipinski definition) is 4. The van der Waals surface area contributed by atoms with E-state index in [0.717, 1.165) is 12.1 Å². The van der Waals surface area contributed by atoms with Gasteiger partial charge in [-0.15, -0.1) is 13.2 Å². The van der Waals surface area contributed by atoms with Crippen LogP contribution in [0.5, 0.6) is 5.75 Å². The number of halogens is 3. The van der Waals surface area contributed by atoms with Gasteiger partial charge in [-0.25, -0.2) is 4.79 Å². The largest absolute Gasteiger partial charge is 0.573 e. The van der Waals surface area contributed by atoms with E-state index in [-0.39, 0.29) is 12.8 Å². The Balaban J connectivity index is 3.08. The zero-order valence-electron chi connectivity index (χ0n) is 12.2. The minimum absolute atomic E-state index is 0.266. The first-order chi connectivity index (χ1) is 10.1. The van der Waals surface area contributed by atoms with E-state index in [1.807, 2.05) is 0 Å². The van der Waals surface area contributed by atoms with Gasteiger partial charge in [0.05, 0.1) is 0 Å². The molecule has 0 saturated heterocycles. The molecular weight excluding hydrogens is 303 g/mol. The molecule has 0 aliphatic rings. The summed E-state index contributed by atoms with van der Waals surface area (Å²) in [5.74, 6) is -0.411. The zero-order valence-corrected chi connectivity index (χ0v) is 12.2. The second-order valence-electron chi connectivity index (χ2n) is 4.74. The first-order valence-corrected chi connectivity index (χ1v) is 6.65. The smallest absolute Gasteiger partial charge is 0.438 e. The molecule has 0 aliphatic carbocycles. The van der Waals surface area contributed by atoms with Crippen LogP contribution in [-0.2, 0) is 4.74 Å². The van der Waals surface area contributed by atoms with E-state index in [1.54, 1.807) is 13.8 Å².